The Labute approximate surface area is 113 Å². The smallest absolute Gasteiger partial charge is 0.178 e. The molecule has 0 saturated carbocycles. The molecule has 1 aromatic rings. The molecule has 1 atom stereocenters. The molecule has 2 heteroatoms. The van der Waals surface area contributed by atoms with Crippen LogP contribution in [0.3, 0.4) is 0 Å². The highest BCUT2D eigenvalue weighted by Crippen LogP contribution is 2.53. The van der Waals surface area contributed by atoms with Crippen molar-refractivity contribution in [3.63, 3.8) is 0 Å². The average Bonchev–Trinajstić information content (AvgIpc) is 2.56. The first kappa shape index (κ1) is 12.4. The summed E-state index contributed by atoms with van der Waals surface area (Å²) < 4.78 is 6.38. The van der Waals surface area contributed by atoms with Gasteiger partial charge in [0.2, 0.25) is 0 Å². The number of fused-ring (bicyclic) bond motifs is 2. The number of rotatable bonds is 0. The van der Waals surface area contributed by atoms with Crippen LogP contribution in [-0.2, 0) is 20.7 Å². The van der Waals surface area contributed by atoms with Crippen LogP contribution in [-0.4, -0.2) is 5.78 Å². The van der Waals surface area contributed by atoms with Crippen molar-refractivity contribution in [3.05, 3.63) is 58.7 Å². The molecule has 0 radical (unpaired) electrons. The average molecular weight is 254 g/mol. The van der Waals surface area contributed by atoms with Crippen LogP contribution in [0.1, 0.15) is 37.5 Å². The summed E-state index contributed by atoms with van der Waals surface area (Å²) in [6.07, 6.45) is 5.20. The molecule has 19 heavy (non-hydrogen) atoms. The van der Waals surface area contributed by atoms with Gasteiger partial charge in [-0.15, -0.1) is 0 Å². The summed E-state index contributed by atoms with van der Waals surface area (Å²) in [5.41, 5.74) is 3.65. The molecule has 0 fully saturated rings. The number of carbonyl (C=O) groups excluding carboxylic acids is 1. The standard InChI is InChI=1S/C17H18O2/c1-11-6-5-7-14-15(11)17(19-16(14,3)4)9-8-13(18)10-12(17)2/h5-10H,1-4H3. The molecule has 2 aliphatic rings. The van der Waals surface area contributed by atoms with Gasteiger partial charge in [0.1, 0.15) is 5.60 Å². The van der Waals surface area contributed by atoms with E-state index in [4.69, 9.17) is 4.74 Å². The molecule has 1 spiro atoms. The van der Waals surface area contributed by atoms with Gasteiger partial charge in [-0.05, 0) is 62.6 Å². The molecule has 1 unspecified atom stereocenters. The van der Waals surface area contributed by atoms with Gasteiger partial charge < -0.3 is 4.74 Å². The third kappa shape index (κ3) is 1.56. The van der Waals surface area contributed by atoms with Gasteiger partial charge in [0.25, 0.3) is 0 Å². The summed E-state index contributed by atoms with van der Waals surface area (Å²) in [7, 11) is 0. The van der Waals surface area contributed by atoms with E-state index in [1.807, 2.05) is 13.0 Å². The lowest BCUT2D eigenvalue weighted by Gasteiger charge is -2.33. The van der Waals surface area contributed by atoms with Gasteiger partial charge in [0.15, 0.2) is 5.78 Å². The molecule has 0 amide bonds. The van der Waals surface area contributed by atoms with E-state index in [1.54, 1.807) is 12.2 Å². The van der Waals surface area contributed by atoms with E-state index in [0.717, 1.165) is 5.57 Å². The van der Waals surface area contributed by atoms with Crippen molar-refractivity contribution in [1.29, 1.82) is 0 Å². The van der Waals surface area contributed by atoms with E-state index in [-0.39, 0.29) is 11.4 Å². The Morgan fingerprint density at radius 2 is 1.89 bits per heavy atom. The van der Waals surface area contributed by atoms with Crippen molar-refractivity contribution in [3.8, 4) is 0 Å². The fraction of sp³-hybridized carbons (Fsp3) is 0.353. The van der Waals surface area contributed by atoms with E-state index >= 15 is 0 Å². The van der Waals surface area contributed by atoms with Crippen LogP contribution in [0.4, 0.5) is 0 Å². The zero-order valence-electron chi connectivity index (χ0n) is 11.8. The number of carbonyl (C=O) groups is 1. The number of hydrogen-bond acceptors (Lipinski definition) is 2. The van der Waals surface area contributed by atoms with Gasteiger partial charge >= 0.3 is 0 Å². The number of hydrogen-bond donors (Lipinski definition) is 0. The van der Waals surface area contributed by atoms with Gasteiger partial charge in [-0.2, -0.15) is 0 Å². The van der Waals surface area contributed by atoms with Crippen molar-refractivity contribution in [2.24, 2.45) is 0 Å². The van der Waals surface area contributed by atoms with E-state index in [2.05, 4.69) is 39.0 Å². The van der Waals surface area contributed by atoms with Gasteiger partial charge in [-0.3, -0.25) is 4.79 Å². The number of allylic oxidation sites excluding steroid dienone is 2. The lowest BCUT2D eigenvalue weighted by atomic mass is 9.79. The predicted octanol–water partition coefficient (Wildman–Crippen LogP) is 3.54. The molecule has 3 rings (SSSR count). The molecule has 1 aliphatic carbocycles. The molecule has 0 saturated heterocycles. The van der Waals surface area contributed by atoms with Crippen molar-refractivity contribution in [2.75, 3.05) is 0 Å². The van der Waals surface area contributed by atoms with E-state index < -0.39 is 5.60 Å². The second-order valence-corrected chi connectivity index (χ2v) is 5.91. The summed E-state index contributed by atoms with van der Waals surface area (Å²) >= 11 is 0. The number of benzene rings is 1. The third-order valence-electron chi connectivity index (χ3n) is 4.14. The zero-order chi connectivity index (χ0) is 13.8. The van der Waals surface area contributed by atoms with Crippen molar-refractivity contribution in [1.82, 2.24) is 0 Å². The molecule has 1 aliphatic heterocycles. The van der Waals surface area contributed by atoms with E-state index in [0.29, 0.717) is 0 Å². The first-order valence-corrected chi connectivity index (χ1v) is 6.59. The highest BCUT2D eigenvalue weighted by Gasteiger charge is 2.50. The van der Waals surface area contributed by atoms with Crippen molar-refractivity contribution < 1.29 is 9.53 Å². The summed E-state index contributed by atoms with van der Waals surface area (Å²) in [5, 5.41) is 0. The maximum atomic E-state index is 11.6. The van der Waals surface area contributed by atoms with Crippen LogP contribution < -0.4 is 0 Å². The number of ketones is 1. The Bertz CT molecular complexity index is 635. The van der Waals surface area contributed by atoms with Gasteiger partial charge in [0, 0.05) is 5.56 Å². The molecular weight excluding hydrogens is 236 g/mol. The minimum Gasteiger partial charge on any atom is -0.351 e. The zero-order valence-corrected chi connectivity index (χ0v) is 11.8. The first-order chi connectivity index (χ1) is 8.87. The van der Waals surface area contributed by atoms with Gasteiger partial charge in [0.05, 0.1) is 5.60 Å². The van der Waals surface area contributed by atoms with Crippen molar-refractivity contribution >= 4 is 5.78 Å². The molecule has 2 nitrogen and oxygen atoms in total. The largest absolute Gasteiger partial charge is 0.351 e. The molecule has 98 valence electrons. The van der Waals surface area contributed by atoms with Gasteiger partial charge in [-0.1, -0.05) is 18.2 Å². The van der Waals surface area contributed by atoms with E-state index in [9.17, 15) is 4.79 Å². The maximum Gasteiger partial charge on any atom is 0.178 e. The fourth-order valence-corrected chi connectivity index (χ4v) is 3.27. The van der Waals surface area contributed by atoms with E-state index in [1.165, 1.54) is 16.7 Å². The molecule has 1 heterocycles. The molecule has 0 N–H and O–H groups in total. The topological polar surface area (TPSA) is 26.3 Å². The quantitative estimate of drug-likeness (QED) is 0.708. The second-order valence-electron chi connectivity index (χ2n) is 5.91. The van der Waals surface area contributed by atoms with Crippen LogP contribution in [0.25, 0.3) is 0 Å². The first-order valence-electron chi connectivity index (χ1n) is 6.59. The Balaban J connectivity index is 2.32. The lowest BCUT2D eigenvalue weighted by Crippen LogP contribution is -2.31. The highest BCUT2D eigenvalue weighted by atomic mass is 16.5. The summed E-state index contributed by atoms with van der Waals surface area (Å²) in [4.78, 5) is 11.6. The second kappa shape index (κ2) is 3.67. The van der Waals surface area contributed by atoms with Crippen LogP contribution in [0.5, 0.6) is 0 Å². The number of ether oxygens (including phenoxy) is 1. The Hall–Kier alpha value is -1.67. The van der Waals surface area contributed by atoms with Crippen LogP contribution in [0.2, 0.25) is 0 Å². The molecule has 0 bridgehead atoms. The van der Waals surface area contributed by atoms with Crippen molar-refractivity contribution in [2.45, 2.75) is 38.9 Å². The monoisotopic (exact) mass is 254 g/mol. The fourth-order valence-electron chi connectivity index (χ4n) is 3.27. The minimum absolute atomic E-state index is 0.0339. The number of aryl methyl sites for hydroxylation is 1. The van der Waals surface area contributed by atoms with Crippen LogP contribution in [0, 0.1) is 6.92 Å². The Kier molecular flexibility index (Phi) is 2.39. The predicted molar refractivity (Wildman–Crippen MR) is 74.9 cm³/mol. The lowest BCUT2D eigenvalue weighted by molar-refractivity contribution is -0.112. The summed E-state index contributed by atoms with van der Waals surface area (Å²) in [6.45, 7) is 8.23. The Morgan fingerprint density at radius 1 is 1.16 bits per heavy atom. The van der Waals surface area contributed by atoms with Gasteiger partial charge in [-0.25, -0.2) is 0 Å². The third-order valence-corrected chi connectivity index (χ3v) is 4.14. The summed E-state index contributed by atoms with van der Waals surface area (Å²) in [5.74, 6) is 0.0339. The van der Waals surface area contributed by atoms with Crippen LogP contribution in [0.15, 0.2) is 42.0 Å². The molecule has 1 aromatic carbocycles. The highest BCUT2D eigenvalue weighted by molar-refractivity contribution is 6.01. The minimum atomic E-state index is -0.571. The Morgan fingerprint density at radius 3 is 2.58 bits per heavy atom. The SMILES string of the molecule is CC1=CC(=O)C=CC12OC(C)(C)c1cccc(C)c12. The maximum absolute atomic E-state index is 11.6. The molecule has 0 aromatic heterocycles. The normalized spacial score (nSPS) is 27.6. The summed E-state index contributed by atoms with van der Waals surface area (Å²) in [6, 6.07) is 6.28. The molecular formula is C17H18O2. The van der Waals surface area contributed by atoms with Crippen LogP contribution >= 0.6 is 0 Å².